The minimum atomic E-state index is 0.977. The number of thioether (sulfide) groups is 1. The lowest BCUT2D eigenvalue weighted by Crippen LogP contribution is -2.00. The summed E-state index contributed by atoms with van der Waals surface area (Å²) in [7, 11) is 0. The lowest BCUT2D eigenvalue weighted by molar-refractivity contribution is 0.940. The van der Waals surface area contributed by atoms with E-state index in [-0.39, 0.29) is 0 Å². The maximum Gasteiger partial charge on any atom is 0.0904 e. The molecule has 78 valence electrons. The van der Waals surface area contributed by atoms with Crippen LogP contribution in [0.25, 0.3) is 6.08 Å². The number of rotatable bonds is 2. The maximum atomic E-state index is 4.45. The highest BCUT2D eigenvalue weighted by molar-refractivity contribution is 9.10. The van der Waals surface area contributed by atoms with Crippen molar-refractivity contribution in [2.24, 2.45) is 4.99 Å². The van der Waals surface area contributed by atoms with Crippen molar-refractivity contribution in [2.75, 3.05) is 12.3 Å². The zero-order chi connectivity index (χ0) is 10.5. The maximum absolute atomic E-state index is 4.45. The van der Waals surface area contributed by atoms with Gasteiger partial charge in [-0.05, 0) is 30.2 Å². The van der Waals surface area contributed by atoms with Crippen molar-refractivity contribution in [3.63, 3.8) is 0 Å². The van der Waals surface area contributed by atoms with Crippen LogP contribution in [-0.2, 0) is 0 Å². The molecule has 0 saturated carbocycles. The normalized spacial score (nSPS) is 16.7. The van der Waals surface area contributed by atoms with Crippen LogP contribution >= 0.6 is 27.7 Å². The van der Waals surface area contributed by atoms with Gasteiger partial charge in [-0.25, -0.2) is 0 Å². The fourth-order valence-electron chi connectivity index (χ4n) is 1.35. The van der Waals surface area contributed by atoms with Gasteiger partial charge in [0.15, 0.2) is 0 Å². The third-order valence-electron chi connectivity index (χ3n) is 2.09. The molecule has 0 atom stereocenters. The van der Waals surface area contributed by atoms with E-state index in [1.54, 1.807) is 0 Å². The van der Waals surface area contributed by atoms with Gasteiger partial charge in [-0.2, -0.15) is 0 Å². The Morgan fingerprint density at radius 2 is 2.27 bits per heavy atom. The standard InChI is InChI=1S/C12H12BrNS/c13-11-4-1-3-10(9-11)5-6-12-14-7-2-8-15-12/h1,3-6,9H,2,7-8H2/b6-5+. The van der Waals surface area contributed by atoms with Gasteiger partial charge in [-0.1, -0.05) is 34.1 Å². The van der Waals surface area contributed by atoms with Crippen LogP contribution in [0.1, 0.15) is 12.0 Å². The Morgan fingerprint density at radius 1 is 1.33 bits per heavy atom. The number of aliphatic imine (C=N–C) groups is 1. The van der Waals surface area contributed by atoms with Crippen LogP contribution in [0.2, 0.25) is 0 Å². The van der Waals surface area contributed by atoms with E-state index in [0.29, 0.717) is 0 Å². The lowest BCUT2D eigenvalue weighted by Gasteiger charge is -2.06. The summed E-state index contributed by atoms with van der Waals surface area (Å²) >= 11 is 5.30. The van der Waals surface area contributed by atoms with Crippen LogP contribution < -0.4 is 0 Å². The molecule has 1 aromatic rings. The van der Waals surface area contributed by atoms with Crippen molar-refractivity contribution >= 4 is 38.8 Å². The monoisotopic (exact) mass is 281 g/mol. The minimum absolute atomic E-state index is 0.977. The fourth-order valence-corrected chi connectivity index (χ4v) is 2.60. The Kier molecular flexibility index (Phi) is 4.03. The lowest BCUT2D eigenvalue weighted by atomic mass is 10.2. The first-order valence-electron chi connectivity index (χ1n) is 4.95. The first-order valence-corrected chi connectivity index (χ1v) is 6.73. The summed E-state index contributed by atoms with van der Waals surface area (Å²) in [5.74, 6) is 1.20. The molecule has 1 nitrogen and oxygen atoms in total. The molecule has 0 bridgehead atoms. The molecule has 0 fully saturated rings. The second-order valence-corrected chi connectivity index (χ2v) is 5.34. The van der Waals surface area contributed by atoms with Crippen molar-refractivity contribution in [2.45, 2.75) is 6.42 Å². The van der Waals surface area contributed by atoms with Gasteiger partial charge in [0, 0.05) is 16.8 Å². The van der Waals surface area contributed by atoms with E-state index in [1.165, 1.54) is 17.7 Å². The van der Waals surface area contributed by atoms with Gasteiger partial charge in [-0.15, -0.1) is 11.8 Å². The van der Waals surface area contributed by atoms with Crippen LogP contribution in [0.4, 0.5) is 0 Å². The highest BCUT2D eigenvalue weighted by Crippen LogP contribution is 2.16. The number of nitrogens with zero attached hydrogens (tertiary/aromatic N) is 1. The molecule has 1 aromatic carbocycles. The van der Waals surface area contributed by atoms with E-state index in [4.69, 9.17) is 0 Å². The van der Waals surface area contributed by atoms with Gasteiger partial charge < -0.3 is 0 Å². The average molecular weight is 282 g/mol. The predicted octanol–water partition coefficient (Wildman–Crippen LogP) is 4.00. The third kappa shape index (κ3) is 3.50. The van der Waals surface area contributed by atoms with Crippen LogP contribution in [-0.4, -0.2) is 17.3 Å². The quantitative estimate of drug-likeness (QED) is 0.798. The van der Waals surface area contributed by atoms with Gasteiger partial charge in [0.1, 0.15) is 0 Å². The second kappa shape index (κ2) is 5.52. The third-order valence-corrected chi connectivity index (χ3v) is 3.63. The van der Waals surface area contributed by atoms with Crippen LogP contribution in [0.15, 0.2) is 39.8 Å². The number of hydrogen-bond acceptors (Lipinski definition) is 2. The molecule has 0 spiro atoms. The van der Waals surface area contributed by atoms with E-state index < -0.39 is 0 Å². The van der Waals surface area contributed by atoms with Crippen LogP contribution in [0.3, 0.4) is 0 Å². The molecule has 0 aromatic heterocycles. The summed E-state index contributed by atoms with van der Waals surface area (Å²) in [4.78, 5) is 4.45. The highest BCUT2D eigenvalue weighted by Gasteiger charge is 2.01. The molecule has 0 amide bonds. The summed E-state index contributed by atoms with van der Waals surface area (Å²) in [6.45, 7) is 0.977. The van der Waals surface area contributed by atoms with Gasteiger partial charge in [0.25, 0.3) is 0 Å². The molecule has 0 unspecified atom stereocenters. The topological polar surface area (TPSA) is 12.4 Å². The summed E-state index contributed by atoms with van der Waals surface area (Å²) < 4.78 is 1.11. The summed E-state index contributed by atoms with van der Waals surface area (Å²) in [5.41, 5.74) is 1.21. The van der Waals surface area contributed by atoms with E-state index in [2.05, 4.69) is 45.2 Å². The molecule has 1 aliphatic heterocycles. The van der Waals surface area contributed by atoms with Crippen LogP contribution in [0.5, 0.6) is 0 Å². The fraction of sp³-hybridized carbons (Fsp3) is 0.250. The Bertz CT molecular complexity index is 398. The predicted molar refractivity (Wildman–Crippen MR) is 72.6 cm³/mol. The second-order valence-electron chi connectivity index (χ2n) is 3.31. The molecule has 15 heavy (non-hydrogen) atoms. The van der Waals surface area contributed by atoms with Crippen molar-refractivity contribution < 1.29 is 0 Å². The summed E-state index contributed by atoms with van der Waals surface area (Å²) in [5, 5.41) is 1.15. The Morgan fingerprint density at radius 3 is 3.00 bits per heavy atom. The van der Waals surface area contributed by atoms with E-state index >= 15 is 0 Å². The molecular weight excluding hydrogens is 270 g/mol. The zero-order valence-corrected chi connectivity index (χ0v) is 10.7. The molecule has 0 aliphatic carbocycles. The molecule has 0 radical (unpaired) electrons. The molecule has 1 heterocycles. The Labute approximate surface area is 103 Å². The van der Waals surface area contributed by atoms with Crippen LogP contribution in [0, 0.1) is 0 Å². The van der Waals surface area contributed by atoms with Gasteiger partial charge in [0.05, 0.1) is 5.04 Å². The molecular formula is C12H12BrNS. The van der Waals surface area contributed by atoms with Gasteiger partial charge in [0.2, 0.25) is 0 Å². The smallest absolute Gasteiger partial charge is 0.0904 e. The van der Waals surface area contributed by atoms with E-state index in [1.807, 2.05) is 23.9 Å². The average Bonchev–Trinajstić information content (AvgIpc) is 2.28. The molecule has 2 rings (SSSR count). The highest BCUT2D eigenvalue weighted by atomic mass is 79.9. The Hall–Kier alpha value is -0.540. The minimum Gasteiger partial charge on any atom is -0.278 e. The largest absolute Gasteiger partial charge is 0.278 e. The van der Waals surface area contributed by atoms with Crippen molar-refractivity contribution in [1.29, 1.82) is 0 Å². The molecule has 1 aliphatic rings. The van der Waals surface area contributed by atoms with Gasteiger partial charge >= 0.3 is 0 Å². The van der Waals surface area contributed by atoms with Crippen molar-refractivity contribution in [1.82, 2.24) is 0 Å². The van der Waals surface area contributed by atoms with E-state index in [9.17, 15) is 0 Å². The zero-order valence-electron chi connectivity index (χ0n) is 8.32. The number of benzene rings is 1. The Balaban J connectivity index is 2.07. The van der Waals surface area contributed by atoms with Crippen molar-refractivity contribution in [3.8, 4) is 0 Å². The summed E-state index contributed by atoms with van der Waals surface area (Å²) in [6.07, 6.45) is 5.42. The number of halogens is 1. The van der Waals surface area contributed by atoms with Gasteiger partial charge in [-0.3, -0.25) is 4.99 Å². The number of hydrogen-bond donors (Lipinski definition) is 0. The first-order chi connectivity index (χ1) is 7.34. The molecule has 3 heteroatoms. The summed E-state index contributed by atoms with van der Waals surface area (Å²) in [6, 6.07) is 8.27. The first kappa shape index (κ1) is 11.0. The van der Waals surface area contributed by atoms with E-state index in [0.717, 1.165) is 16.1 Å². The molecule has 0 saturated heterocycles. The SMILES string of the molecule is Brc1cccc(/C=C/C2=NCCCS2)c1. The molecule has 0 N–H and O–H groups in total. The van der Waals surface area contributed by atoms with Crippen molar-refractivity contribution in [3.05, 3.63) is 40.4 Å².